The van der Waals surface area contributed by atoms with Gasteiger partial charge in [-0.1, -0.05) is 23.2 Å². The summed E-state index contributed by atoms with van der Waals surface area (Å²) in [6.45, 7) is 0.0505. The van der Waals surface area contributed by atoms with E-state index in [1.807, 2.05) is 0 Å². The minimum absolute atomic E-state index is 0.0375. The first-order valence-electron chi connectivity index (χ1n) is 9.10. The molecule has 0 aliphatic carbocycles. The van der Waals surface area contributed by atoms with Crippen molar-refractivity contribution < 1.29 is 23.8 Å². The van der Waals surface area contributed by atoms with E-state index in [1.54, 1.807) is 49.6 Å². The van der Waals surface area contributed by atoms with E-state index in [-0.39, 0.29) is 30.7 Å². The molecule has 2 rings (SSSR count). The maximum atomic E-state index is 11.9. The molecule has 2 aromatic carbocycles. The first kappa shape index (κ1) is 24.5. The van der Waals surface area contributed by atoms with Crippen LogP contribution in [0.2, 0.25) is 10.0 Å². The smallest absolute Gasteiger partial charge is 0.276 e. The molecule has 11 heteroatoms. The predicted octanol–water partition coefficient (Wildman–Crippen LogP) is 3.26. The average molecular weight is 486 g/mol. The van der Waals surface area contributed by atoms with E-state index in [4.69, 9.17) is 49.6 Å². The van der Waals surface area contributed by atoms with E-state index in [0.29, 0.717) is 33.7 Å². The van der Waals surface area contributed by atoms with Crippen molar-refractivity contribution in [3.05, 3.63) is 52.5 Å². The number of hydrogen-bond acceptors (Lipinski definition) is 6. The summed E-state index contributed by atoms with van der Waals surface area (Å²) >= 11 is 16.8. The van der Waals surface area contributed by atoms with Gasteiger partial charge >= 0.3 is 0 Å². The molecule has 0 aromatic heterocycles. The molecule has 166 valence electrons. The van der Waals surface area contributed by atoms with Crippen LogP contribution in [0.3, 0.4) is 0 Å². The first-order valence-corrected chi connectivity index (χ1v) is 10.3. The highest BCUT2D eigenvalue weighted by Crippen LogP contribution is 2.27. The van der Waals surface area contributed by atoms with E-state index in [2.05, 4.69) is 16.2 Å². The molecule has 3 N–H and O–H groups in total. The zero-order chi connectivity index (χ0) is 22.6. The van der Waals surface area contributed by atoms with Crippen LogP contribution >= 0.6 is 35.4 Å². The van der Waals surface area contributed by atoms with Gasteiger partial charge in [0.15, 0.2) is 11.7 Å². The normalized spacial score (nSPS) is 10.0. The lowest BCUT2D eigenvalue weighted by Gasteiger charge is -2.12. The number of rotatable bonds is 9. The monoisotopic (exact) mass is 485 g/mol. The number of amides is 2. The summed E-state index contributed by atoms with van der Waals surface area (Å²) < 4.78 is 15.9. The zero-order valence-electron chi connectivity index (χ0n) is 16.6. The topological polar surface area (TPSA) is 97.9 Å². The molecular weight excluding hydrogens is 465 g/mol. The minimum atomic E-state index is -0.472. The van der Waals surface area contributed by atoms with Crippen molar-refractivity contribution in [3.63, 3.8) is 0 Å². The summed E-state index contributed by atoms with van der Waals surface area (Å²) in [5, 5.41) is 3.32. The maximum Gasteiger partial charge on any atom is 0.276 e. The number of thiocarbonyl (C=S) groups is 1. The highest BCUT2D eigenvalue weighted by molar-refractivity contribution is 7.80. The highest BCUT2D eigenvalue weighted by Gasteiger charge is 2.08. The van der Waals surface area contributed by atoms with E-state index in [9.17, 15) is 9.59 Å². The van der Waals surface area contributed by atoms with Gasteiger partial charge < -0.3 is 19.5 Å². The Kier molecular flexibility index (Phi) is 10.2. The Bertz CT molecular complexity index is 912. The second-order valence-electron chi connectivity index (χ2n) is 6.04. The van der Waals surface area contributed by atoms with Crippen molar-refractivity contribution in [2.45, 2.75) is 12.8 Å². The van der Waals surface area contributed by atoms with Gasteiger partial charge in [0.1, 0.15) is 17.2 Å². The molecule has 0 unspecified atom stereocenters. The second kappa shape index (κ2) is 12.8. The van der Waals surface area contributed by atoms with Crippen LogP contribution in [-0.2, 0) is 9.59 Å². The Morgan fingerprint density at radius 3 is 2.35 bits per heavy atom. The number of hydrazine groups is 1. The second-order valence-corrected chi connectivity index (χ2v) is 7.29. The van der Waals surface area contributed by atoms with Gasteiger partial charge in [-0.15, -0.1) is 0 Å². The summed E-state index contributed by atoms with van der Waals surface area (Å²) in [5.41, 5.74) is 4.77. The van der Waals surface area contributed by atoms with Gasteiger partial charge in [0, 0.05) is 11.4 Å². The molecule has 31 heavy (non-hydrogen) atoms. The molecule has 0 spiro atoms. The van der Waals surface area contributed by atoms with Crippen molar-refractivity contribution in [1.29, 1.82) is 0 Å². The van der Waals surface area contributed by atoms with Crippen LogP contribution in [0.15, 0.2) is 42.5 Å². The fourth-order valence-corrected chi connectivity index (χ4v) is 2.84. The van der Waals surface area contributed by atoms with Gasteiger partial charge in [-0.25, -0.2) is 0 Å². The number of ether oxygens (including phenoxy) is 3. The number of benzene rings is 2. The van der Waals surface area contributed by atoms with Gasteiger partial charge in [0.2, 0.25) is 5.91 Å². The fraction of sp³-hybridized carbons (Fsp3) is 0.250. The quantitative estimate of drug-likeness (QED) is 0.284. The van der Waals surface area contributed by atoms with Crippen molar-refractivity contribution in [2.24, 2.45) is 0 Å². The molecule has 2 amide bonds. The summed E-state index contributed by atoms with van der Waals surface area (Å²) in [6.07, 6.45) is 0.608. The number of carbonyl (C=O) groups is 2. The molecule has 0 fully saturated rings. The number of hydrogen-bond donors (Lipinski definition) is 3. The molecule has 0 heterocycles. The lowest BCUT2D eigenvalue weighted by atomic mass is 10.3. The van der Waals surface area contributed by atoms with E-state index in [1.165, 1.54) is 0 Å². The molecule has 0 saturated heterocycles. The lowest BCUT2D eigenvalue weighted by Crippen LogP contribution is -2.49. The van der Waals surface area contributed by atoms with Crippen molar-refractivity contribution >= 4 is 52.3 Å². The van der Waals surface area contributed by atoms with E-state index < -0.39 is 5.91 Å². The van der Waals surface area contributed by atoms with Crippen LogP contribution in [0, 0.1) is 0 Å². The van der Waals surface area contributed by atoms with Crippen LogP contribution in [0.25, 0.3) is 0 Å². The Hall–Kier alpha value is -2.75. The van der Waals surface area contributed by atoms with Crippen LogP contribution in [0.4, 0.5) is 0 Å². The zero-order valence-corrected chi connectivity index (χ0v) is 18.9. The summed E-state index contributed by atoms with van der Waals surface area (Å²) in [6, 6.07) is 11.7. The molecule has 0 bridgehead atoms. The fourth-order valence-electron chi connectivity index (χ4n) is 2.21. The predicted molar refractivity (Wildman–Crippen MR) is 122 cm³/mol. The molecule has 0 aliphatic heterocycles. The average Bonchev–Trinajstić information content (AvgIpc) is 2.75. The van der Waals surface area contributed by atoms with E-state index >= 15 is 0 Å². The maximum absolute atomic E-state index is 11.9. The lowest BCUT2D eigenvalue weighted by molar-refractivity contribution is -0.124. The SMILES string of the molecule is COc1ccc(OCC(=O)NNC(=S)NC(=O)CCCOc2ccc(Cl)cc2Cl)cc1. The van der Waals surface area contributed by atoms with Gasteiger partial charge in [-0.2, -0.15) is 0 Å². The van der Waals surface area contributed by atoms with Gasteiger partial charge in [-0.05, 0) is 61.1 Å². The van der Waals surface area contributed by atoms with Crippen LogP contribution in [-0.4, -0.2) is 37.3 Å². The third kappa shape index (κ3) is 9.29. The van der Waals surface area contributed by atoms with Gasteiger partial charge in [-0.3, -0.25) is 20.4 Å². The Morgan fingerprint density at radius 2 is 1.68 bits per heavy atom. The van der Waals surface area contributed by atoms with Crippen molar-refractivity contribution in [3.8, 4) is 17.2 Å². The van der Waals surface area contributed by atoms with Crippen molar-refractivity contribution in [2.75, 3.05) is 20.3 Å². The molecule has 8 nitrogen and oxygen atoms in total. The summed E-state index contributed by atoms with van der Waals surface area (Å²) in [7, 11) is 1.56. The van der Waals surface area contributed by atoms with Gasteiger partial charge in [0.25, 0.3) is 5.91 Å². The number of methoxy groups -OCH3 is 1. The Labute approximate surface area is 195 Å². The molecule has 0 atom stereocenters. The third-order valence-corrected chi connectivity index (χ3v) is 4.43. The largest absolute Gasteiger partial charge is 0.497 e. The molecule has 0 aliphatic rings. The Morgan fingerprint density at radius 1 is 0.968 bits per heavy atom. The molecule has 0 radical (unpaired) electrons. The van der Waals surface area contributed by atoms with Crippen LogP contribution in [0.1, 0.15) is 12.8 Å². The number of carbonyl (C=O) groups excluding carboxylic acids is 2. The standard InChI is InChI=1S/C20H21Cl2N3O5S/c1-28-14-5-7-15(8-6-14)30-12-19(27)24-25-20(31)23-18(26)3-2-10-29-17-9-4-13(21)11-16(17)22/h4-9,11H,2-3,10,12H2,1H3,(H,24,27)(H2,23,25,26,31). The van der Waals surface area contributed by atoms with Crippen LogP contribution in [0.5, 0.6) is 17.2 Å². The minimum Gasteiger partial charge on any atom is -0.497 e. The first-order chi connectivity index (χ1) is 14.9. The van der Waals surface area contributed by atoms with Crippen LogP contribution < -0.4 is 30.4 Å². The van der Waals surface area contributed by atoms with Gasteiger partial charge in [0.05, 0.1) is 18.7 Å². The highest BCUT2D eigenvalue weighted by atomic mass is 35.5. The summed E-state index contributed by atoms with van der Waals surface area (Å²) in [5.74, 6) is 0.879. The van der Waals surface area contributed by atoms with E-state index in [0.717, 1.165) is 0 Å². The number of nitrogens with one attached hydrogen (secondary N) is 3. The number of halogens is 2. The third-order valence-electron chi connectivity index (χ3n) is 3.70. The Balaban J connectivity index is 1.58. The molecule has 0 saturated carbocycles. The molecule has 2 aromatic rings. The van der Waals surface area contributed by atoms with Crippen molar-refractivity contribution in [1.82, 2.24) is 16.2 Å². The summed E-state index contributed by atoms with van der Waals surface area (Å²) in [4.78, 5) is 23.7. The molecular formula is C20H21Cl2N3O5S.